The largest absolute Gasteiger partial charge is 0.416 e. The van der Waals surface area contributed by atoms with Crippen LogP contribution in [0.3, 0.4) is 0 Å². The van der Waals surface area contributed by atoms with E-state index in [1.807, 2.05) is 11.8 Å². The summed E-state index contributed by atoms with van der Waals surface area (Å²) in [4.78, 5) is 35.7. The van der Waals surface area contributed by atoms with E-state index in [9.17, 15) is 27.6 Å². The fourth-order valence-corrected chi connectivity index (χ4v) is 6.17. The van der Waals surface area contributed by atoms with Crippen LogP contribution >= 0.6 is 11.8 Å². The van der Waals surface area contributed by atoms with Gasteiger partial charge >= 0.3 is 12.2 Å². The van der Waals surface area contributed by atoms with Crippen LogP contribution in [0, 0.1) is 0 Å². The van der Waals surface area contributed by atoms with Crippen molar-refractivity contribution in [3.8, 4) is 0 Å². The average Bonchev–Trinajstić information content (AvgIpc) is 3.37. The summed E-state index contributed by atoms with van der Waals surface area (Å²) in [5.74, 6) is 0.523. The fourth-order valence-electron chi connectivity index (χ4n) is 4.62. The fraction of sp³-hybridized carbons (Fsp3) is 0.654. The number of alkyl halides is 3. The van der Waals surface area contributed by atoms with E-state index < -0.39 is 11.7 Å². The molecule has 2 fully saturated rings. The summed E-state index contributed by atoms with van der Waals surface area (Å²) in [6.07, 6.45) is 0.960. The molecule has 4 N–H and O–H groups in total. The predicted molar refractivity (Wildman–Crippen MR) is 140 cm³/mol. The molecule has 7 nitrogen and oxygen atoms in total. The van der Waals surface area contributed by atoms with E-state index >= 15 is 0 Å². The first-order valence-electron chi connectivity index (χ1n) is 13.0. The number of amides is 4. The lowest BCUT2D eigenvalue weighted by Crippen LogP contribution is -2.36. The van der Waals surface area contributed by atoms with Gasteiger partial charge in [-0.1, -0.05) is 26.7 Å². The number of nitrogens with one attached hydrogen (secondary N) is 4. The first-order chi connectivity index (χ1) is 17.5. The summed E-state index contributed by atoms with van der Waals surface area (Å²) in [7, 11) is 0. The van der Waals surface area contributed by atoms with Crippen LogP contribution in [0.15, 0.2) is 18.2 Å². The quantitative estimate of drug-likeness (QED) is 0.204. The van der Waals surface area contributed by atoms with Gasteiger partial charge in [-0.2, -0.15) is 24.9 Å². The van der Waals surface area contributed by atoms with Gasteiger partial charge in [0.25, 0.3) is 0 Å². The molecule has 0 radical (unpaired) electrons. The molecular formula is C26H37F3N4O3S. The van der Waals surface area contributed by atoms with Crippen LogP contribution in [0.2, 0.25) is 0 Å². The van der Waals surface area contributed by atoms with Crippen molar-refractivity contribution in [1.29, 1.82) is 0 Å². The van der Waals surface area contributed by atoms with E-state index in [1.165, 1.54) is 0 Å². The van der Waals surface area contributed by atoms with Gasteiger partial charge in [-0.3, -0.25) is 9.59 Å². The summed E-state index contributed by atoms with van der Waals surface area (Å²) in [5, 5.41) is 11.8. The number of benzene rings is 1. The number of carbonyl (C=O) groups is 3. The first-order valence-corrected chi connectivity index (χ1v) is 14.0. The second-order valence-electron chi connectivity index (χ2n) is 10.1. The number of unbranched alkanes of at least 4 members (excludes halogenated alkanes) is 3. The third kappa shape index (κ3) is 9.12. The number of carbonyl (C=O) groups excluding carboxylic acids is 3. The van der Waals surface area contributed by atoms with Crippen molar-refractivity contribution in [3.05, 3.63) is 29.3 Å². The van der Waals surface area contributed by atoms with E-state index in [4.69, 9.17) is 0 Å². The molecule has 0 aromatic heterocycles. The number of hydrogen-bond acceptors (Lipinski definition) is 4. The Morgan fingerprint density at radius 2 is 1.76 bits per heavy atom. The van der Waals surface area contributed by atoms with Gasteiger partial charge < -0.3 is 21.3 Å². The van der Waals surface area contributed by atoms with E-state index in [-0.39, 0.29) is 48.0 Å². The Morgan fingerprint density at radius 3 is 2.49 bits per heavy atom. The highest BCUT2D eigenvalue weighted by molar-refractivity contribution is 8.00. The van der Waals surface area contributed by atoms with Gasteiger partial charge in [0.2, 0.25) is 11.8 Å². The standard InChI is InChI=1S/C26H37F3N4O3S/c1-16(2)17-12-18(26(27,28)29)14-19(13-17)31-23(35)10-4-3-7-11-30-22(34)9-6-5-8-21-24-20(15-37-21)32-25(36)33-24/h12-14,16,20-21,24H,3-11,15H2,1-2H3,(H,30,34)(H,31,35)(H2,32,33,36). The van der Waals surface area contributed by atoms with E-state index in [0.717, 1.165) is 50.0 Å². The van der Waals surface area contributed by atoms with Gasteiger partial charge in [-0.05, 0) is 55.4 Å². The SMILES string of the molecule is CC(C)c1cc(NC(=O)CCCCCNC(=O)CCCCC2SCC3NC(=O)NC32)cc(C(F)(F)F)c1. The zero-order valence-corrected chi connectivity index (χ0v) is 22.2. The van der Waals surface area contributed by atoms with Gasteiger partial charge in [0, 0.05) is 36.1 Å². The smallest absolute Gasteiger partial charge is 0.356 e. The highest BCUT2D eigenvalue weighted by atomic mass is 32.2. The minimum Gasteiger partial charge on any atom is -0.356 e. The van der Waals surface area contributed by atoms with Crippen molar-refractivity contribution in [1.82, 2.24) is 16.0 Å². The topological polar surface area (TPSA) is 99.3 Å². The zero-order valence-electron chi connectivity index (χ0n) is 21.4. The number of halogens is 3. The van der Waals surface area contributed by atoms with Crippen LogP contribution in [0.5, 0.6) is 0 Å². The molecule has 3 atom stereocenters. The van der Waals surface area contributed by atoms with E-state index in [0.29, 0.717) is 30.2 Å². The van der Waals surface area contributed by atoms with Crippen molar-refractivity contribution in [3.63, 3.8) is 0 Å². The van der Waals surface area contributed by atoms with E-state index in [2.05, 4.69) is 21.3 Å². The molecule has 2 aliphatic rings. The van der Waals surface area contributed by atoms with E-state index in [1.54, 1.807) is 19.9 Å². The van der Waals surface area contributed by atoms with Crippen molar-refractivity contribution >= 4 is 35.3 Å². The maximum atomic E-state index is 13.2. The average molecular weight is 543 g/mol. The van der Waals surface area contributed by atoms with Crippen molar-refractivity contribution in [2.75, 3.05) is 17.6 Å². The molecule has 1 aromatic carbocycles. The van der Waals surface area contributed by atoms with Gasteiger partial charge in [-0.15, -0.1) is 0 Å². The second-order valence-corrected chi connectivity index (χ2v) is 11.3. The molecule has 2 heterocycles. The van der Waals surface area contributed by atoms with Crippen LogP contribution in [0.4, 0.5) is 23.7 Å². The molecule has 11 heteroatoms. The zero-order chi connectivity index (χ0) is 27.0. The maximum absolute atomic E-state index is 13.2. The molecule has 0 saturated carbocycles. The molecule has 0 bridgehead atoms. The monoisotopic (exact) mass is 542 g/mol. The second kappa shape index (κ2) is 13.4. The Kier molecular flexibility index (Phi) is 10.5. The number of rotatable bonds is 13. The Labute approximate surface area is 220 Å². The molecule has 4 amide bonds. The van der Waals surface area contributed by atoms with Crippen LogP contribution in [0.1, 0.15) is 82.3 Å². The van der Waals surface area contributed by atoms with Gasteiger partial charge in [0.05, 0.1) is 17.6 Å². The Morgan fingerprint density at radius 1 is 1.03 bits per heavy atom. The van der Waals surface area contributed by atoms with Crippen molar-refractivity contribution < 1.29 is 27.6 Å². The van der Waals surface area contributed by atoms with Crippen LogP contribution in [0.25, 0.3) is 0 Å². The Bertz CT molecular complexity index is 957. The first kappa shape index (κ1) is 29.1. The molecule has 0 spiro atoms. The normalized spacial score (nSPS) is 20.9. The minimum atomic E-state index is -4.47. The summed E-state index contributed by atoms with van der Waals surface area (Å²) >= 11 is 1.87. The van der Waals surface area contributed by atoms with Crippen molar-refractivity contribution in [2.45, 2.75) is 94.6 Å². The number of thioether (sulfide) groups is 1. The third-order valence-corrected chi connectivity index (χ3v) is 8.23. The number of hydrogen-bond donors (Lipinski definition) is 4. The van der Waals surface area contributed by atoms with Crippen molar-refractivity contribution in [2.24, 2.45) is 0 Å². The molecule has 1 aromatic rings. The minimum absolute atomic E-state index is 0.0102. The highest BCUT2D eigenvalue weighted by Crippen LogP contribution is 2.34. The van der Waals surface area contributed by atoms with Crippen LogP contribution in [-0.4, -0.2) is 47.5 Å². The maximum Gasteiger partial charge on any atom is 0.416 e. The number of fused-ring (bicyclic) bond motifs is 1. The number of urea groups is 1. The van der Waals surface area contributed by atoms with Crippen LogP contribution < -0.4 is 21.3 Å². The highest BCUT2D eigenvalue weighted by Gasteiger charge is 2.42. The summed E-state index contributed by atoms with van der Waals surface area (Å²) in [5.41, 5.74) is -0.0891. The summed E-state index contributed by atoms with van der Waals surface area (Å²) < 4.78 is 39.5. The Balaban J connectivity index is 1.24. The predicted octanol–water partition coefficient (Wildman–Crippen LogP) is 5.17. The Hall–Kier alpha value is -2.43. The molecule has 3 rings (SSSR count). The molecular weight excluding hydrogens is 505 g/mol. The lowest BCUT2D eigenvalue weighted by Gasteiger charge is -2.16. The molecule has 0 aliphatic carbocycles. The van der Waals surface area contributed by atoms with Gasteiger partial charge in [0.15, 0.2) is 0 Å². The molecule has 3 unspecified atom stereocenters. The summed E-state index contributed by atoms with van der Waals surface area (Å²) in [6, 6.07) is 3.99. The molecule has 206 valence electrons. The molecule has 37 heavy (non-hydrogen) atoms. The van der Waals surface area contributed by atoms with Gasteiger partial charge in [0.1, 0.15) is 0 Å². The third-order valence-electron chi connectivity index (χ3n) is 6.72. The number of anilines is 1. The van der Waals surface area contributed by atoms with Gasteiger partial charge in [-0.25, -0.2) is 4.79 Å². The molecule has 2 saturated heterocycles. The molecule has 2 aliphatic heterocycles. The summed E-state index contributed by atoms with van der Waals surface area (Å²) in [6.45, 7) is 4.14. The van der Waals surface area contributed by atoms with Crippen LogP contribution in [-0.2, 0) is 15.8 Å². The lowest BCUT2D eigenvalue weighted by molar-refractivity contribution is -0.137. The lowest BCUT2D eigenvalue weighted by atomic mass is 9.99.